The maximum absolute atomic E-state index is 12.5. The van der Waals surface area contributed by atoms with Crippen LogP contribution < -0.4 is 25.0 Å². The van der Waals surface area contributed by atoms with Crippen molar-refractivity contribution in [2.75, 3.05) is 38.3 Å². The summed E-state index contributed by atoms with van der Waals surface area (Å²) in [5.41, 5.74) is 0.724. The van der Waals surface area contributed by atoms with Gasteiger partial charge in [0.25, 0.3) is 5.91 Å². The maximum Gasteiger partial charge on any atom is 0.275 e. The number of carbonyl (C=O) groups excluding carboxylic acids is 2. The van der Waals surface area contributed by atoms with Crippen molar-refractivity contribution in [1.82, 2.24) is 5.32 Å². The van der Waals surface area contributed by atoms with Gasteiger partial charge in [-0.3, -0.25) is 9.59 Å². The maximum atomic E-state index is 12.5. The highest BCUT2D eigenvalue weighted by atomic mass is 16.7. The molecule has 2 amide bonds. The number of carbonyl (C=O) groups is 2. The monoisotopic (exact) mass is 362 g/mol. The molecular formula is C19H28N3O4+. The normalized spacial score (nSPS) is 21.5. The van der Waals surface area contributed by atoms with Crippen LogP contribution in [0.5, 0.6) is 11.5 Å². The van der Waals surface area contributed by atoms with E-state index in [1.165, 1.54) is 4.90 Å². The minimum Gasteiger partial charge on any atom is -0.454 e. The highest BCUT2D eigenvalue weighted by molar-refractivity contribution is 5.93. The molecule has 2 heterocycles. The molecule has 7 nitrogen and oxygen atoms in total. The third kappa shape index (κ3) is 4.88. The van der Waals surface area contributed by atoms with E-state index in [4.69, 9.17) is 9.47 Å². The number of amides is 2. The van der Waals surface area contributed by atoms with Crippen LogP contribution >= 0.6 is 0 Å². The largest absolute Gasteiger partial charge is 0.454 e. The van der Waals surface area contributed by atoms with Crippen molar-refractivity contribution in [3.8, 4) is 11.5 Å². The molecule has 7 heteroatoms. The highest BCUT2D eigenvalue weighted by Gasteiger charge is 2.28. The summed E-state index contributed by atoms with van der Waals surface area (Å²) < 4.78 is 10.6. The Bertz CT molecular complexity index is 654. The summed E-state index contributed by atoms with van der Waals surface area (Å²) in [4.78, 5) is 25.7. The van der Waals surface area contributed by atoms with Crippen molar-refractivity contribution >= 4 is 17.5 Å². The molecule has 3 rings (SSSR count). The van der Waals surface area contributed by atoms with Gasteiger partial charge in [0.2, 0.25) is 12.7 Å². The summed E-state index contributed by atoms with van der Waals surface area (Å²) in [5, 5.41) is 5.92. The van der Waals surface area contributed by atoms with Crippen molar-refractivity contribution in [3.63, 3.8) is 0 Å². The van der Waals surface area contributed by atoms with Gasteiger partial charge < -0.3 is 25.0 Å². The zero-order valence-electron chi connectivity index (χ0n) is 15.5. The molecule has 3 N–H and O–H groups in total. The van der Waals surface area contributed by atoms with Gasteiger partial charge in [-0.15, -0.1) is 0 Å². The Labute approximate surface area is 154 Å². The van der Waals surface area contributed by atoms with Crippen molar-refractivity contribution in [3.05, 3.63) is 18.2 Å². The Kier molecular flexibility index (Phi) is 5.98. The Morgan fingerprint density at radius 1 is 1.19 bits per heavy atom. The van der Waals surface area contributed by atoms with Gasteiger partial charge in [-0.1, -0.05) is 13.8 Å². The van der Waals surface area contributed by atoms with Crippen LogP contribution in [0.25, 0.3) is 0 Å². The molecule has 2 aliphatic rings. The van der Waals surface area contributed by atoms with E-state index >= 15 is 0 Å². The van der Waals surface area contributed by atoms with E-state index in [2.05, 4.69) is 24.5 Å². The number of fused-ring (bicyclic) bond motifs is 1. The molecule has 0 spiro atoms. The number of hydrogen-bond acceptors (Lipinski definition) is 4. The van der Waals surface area contributed by atoms with Gasteiger partial charge in [0, 0.05) is 37.1 Å². The van der Waals surface area contributed by atoms with Crippen LogP contribution in [0.2, 0.25) is 0 Å². The van der Waals surface area contributed by atoms with E-state index in [0.29, 0.717) is 30.5 Å². The van der Waals surface area contributed by atoms with E-state index in [1.807, 2.05) is 6.07 Å². The molecule has 0 saturated carbocycles. The number of likely N-dealkylation sites (tertiary alicyclic amines) is 1. The van der Waals surface area contributed by atoms with Crippen molar-refractivity contribution < 1.29 is 24.0 Å². The molecule has 0 aromatic heterocycles. The Morgan fingerprint density at radius 2 is 1.92 bits per heavy atom. The zero-order valence-corrected chi connectivity index (χ0v) is 15.5. The van der Waals surface area contributed by atoms with Crippen LogP contribution in [0.1, 0.15) is 26.7 Å². The summed E-state index contributed by atoms with van der Waals surface area (Å²) in [6.07, 6.45) is 1.59. The zero-order chi connectivity index (χ0) is 18.5. The van der Waals surface area contributed by atoms with Crippen LogP contribution in [-0.2, 0) is 9.59 Å². The first-order valence-corrected chi connectivity index (χ1v) is 9.32. The van der Waals surface area contributed by atoms with Crippen LogP contribution in [0.15, 0.2) is 18.2 Å². The van der Waals surface area contributed by atoms with Crippen molar-refractivity contribution in [2.24, 2.45) is 11.8 Å². The quantitative estimate of drug-likeness (QED) is 0.685. The molecule has 1 saturated heterocycles. The summed E-state index contributed by atoms with van der Waals surface area (Å²) in [6.45, 7) is 7.27. The van der Waals surface area contributed by atoms with Crippen LogP contribution in [-0.4, -0.2) is 44.8 Å². The number of nitrogens with one attached hydrogen (secondary N) is 3. The lowest BCUT2D eigenvalue weighted by molar-refractivity contribution is -0.897. The van der Waals surface area contributed by atoms with Crippen LogP contribution in [0.4, 0.5) is 5.69 Å². The average Bonchev–Trinajstić information content (AvgIpc) is 3.08. The Hall–Kier alpha value is -2.28. The van der Waals surface area contributed by atoms with Gasteiger partial charge >= 0.3 is 0 Å². The Morgan fingerprint density at radius 3 is 2.65 bits per heavy atom. The second kappa shape index (κ2) is 8.40. The first kappa shape index (κ1) is 18.5. The molecule has 26 heavy (non-hydrogen) atoms. The van der Waals surface area contributed by atoms with E-state index in [0.717, 1.165) is 31.6 Å². The molecule has 142 valence electrons. The molecule has 0 bridgehead atoms. The summed E-state index contributed by atoms with van der Waals surface area (Å²) in [5.74, 6) is 1.94. The minimum absolute atomic E-state index is 0.0112. The second-order valence-corrected chi connectivity index (χ2v) is 7.46. The third-order valence-electron chi connectivity index (χ3n) is 4.82. The third-order valence-corrected chi connectivity index (χ3v) is 4.82. The first-order chi connectivity index (χ1) is 12.5. The van der Waals surface area contributed by atoms with E-state index in [1.54, 1.807) is 12.1 Å². The fourth-order valence-electron chi connectivity index (χ4n) is 3.29. The molecule has 1 aromatic carbocycles. The number of ether oxygens (including phenoxy) is 2. The van der Waals surface area contributed by atoms with Gasteiger partial charge in [-0.2, -0.15) is 0 Å². The van der Waals surface area contributed by atoms with Gasteiger partial charge in [0.1, 0.15) is 0 Å². The number of piperidine rings is 1. The lowest BCUT2D eigenvalue weighted by atomic mass is 9.95. The average molecular weight is 362 g/mol. The molecule has 1 aromatic rings. The molecular weight excluding hydrogens is 334 g/mol. The predicted molar refractivity (Wildman–Crippen MR) is 97.3 cm³/mol. The number of rotatable bonds is 6. The number of benzene rings is 1. The molecule has 0 radical (unpaired) electrons. The molecule has 2 aliphatic heterocycles. The summed E-state index contributed by atoms with van der Waals surface area (Å²) in [6, 6.07) is 5.42. The van der Waals surface area contributed by atoms with Crippen LogP contribution in [0, 0.1) is 11.8 Å². The SMILES string of the molecule is CC(C)CNC(=O)C[NH+]1CCC(C(=O)Nc2ccc3c(c2)OCO3)CC1. The van der Waals surface area contributed by atoms with Gasteiger partial charge in [-0.05, 0) is 18.1 Å². The van der Waals surface area contributed by atoms with Crippen LogP contribution in [0.3, 0.4) is 0 Å². The molecule has 1 fully saturated rings. The van der Waals surface area contributed by atoms with E-state index in [-0.39, 0.29) is 24.5 Å². The lowest BCUT2D eigenvalue weighted by Gasteiger charge is -2.28. The van der Waals surface area contributed by atoms with Crippen molar-refractivity contribution in [2.45, 2.75) is 26.7 Å². The second-order valence-electron chi connectivity index (χ2n) is 7.46. The summed E-state index contributed by atoms with van der Waals surface area (Å²) >= 11 is 0. The topological polar surface area (TPSA) is 81.1 Å². The van der Waals surface area contributed by atoms with Gasteiger partial charge in [0.05, 0.1) is 13.1 Å². The number of anilines is 1. The minimum atomic E-state index is -0.0112. The number of quaternary nitrogens is 1. The summed E-state index contributed by atoms with van der Waals surface area (Å²) in [7, 11) is 0. The highest BCUT2D eigenvalue weighted by Crippen LogP contribution is 2.34. The fraction of sp³-hybridized carbons (Fsp3) is 0.579. The predicted octanol–water partition coefficient (Wildman–Crippen LogP) is 0.421. The smallest absolute Gasteiger partial charge is 0.275 e. The first-order valence-electron chi connectivity index (χ1n) is 9.32. The van der Waals surface area contributed by atoms with E-state index < -0.39 is 0 Å². The molecule has 0 unspecified atom stereocenters. The molecule has 0 atom stereocenters. The lowest BCUT2D eigenvalue weighted by Crippen LogP contribution is -3.14. The van der Waals surface area contributed by atoms with E-state index in [9.17, 15) is 9.59 Å². The van der Waals surface area contributed by atoms with Gasteiger partial charge in [-0.25, -0.2) is 0 Å². The standard InChI is InChI=1S/C19H27N3O4/c1-13(2)10-20-18(23)11-22-7-5-14(6-8-22)19(24)21-15-3-4-16-17(9-15)26-12-25-16/h3-4,9,13-14H,5-8,10-12H2,1-2H3,(H,20,23)(H,21,24)/p+1. The van der Waals surface area contributed by atoms with Gasteiger partial charge in [0.15, 0.2) is 18.0 Å². The number of hydrogen-bond donors (Lipinski definition) is 3. The Balaban J connectivity index is 1.43. The fourth-order valence-corrected chi connectivity index (χ4v) is 3.29. The van der Waals surface area contributed by atoms with Crippen molar-refractivity contribution in [1.29, 1.82) is 0 Å². The molecule has 0 aliphatic carbocycles.